The molecule has 9 heteroatoms. The minimum absolute atomic E-state index is 0.0168. The maximum absolute atomic E-state index is 13.9. The van der Waals surface area contributed by atoms with Crippen LogP contribution >= 0.6 is 0 Å². The summed E-state index contributed by atoms with van der Waals surface area (Å²) in [6.45, 7) is 10.7. The molecule has 45 heavy (non-hydrogen) atoms. The molecule has 1 aromatic carbocycles. The highest BCUT2D eigenvalue weighted by Crippen LogP contribution is 2.43. The van der Waals surface area contributed by atoms with Gasteiger partial charge in [0.1, 0.15) is 5.75 Å². The number of carbonyl (C=O) groups excluding carboxylic acids is 2. The molecule has 9 nitrogen and oxygen atoms in total. The van der Waals surface area contributed by atoms with Crippen LogP contribution in [0.3, 0.4) is 0 Å². The van der Waals surface area contributed by atoms with E-state index in [1.807, 2.05) is 56.0 Å². The van der Waals surface area contributed by atoms with Crippen molar-refractivity contribution in [2.75, 3.05) is 51.5 Å². The number of amides is 2. The van der Waals surface area contributed by atoms with E-state index in [1.165, 1.54) is 0 Å². The number of benzene rings is 1. The number of hydrogen-bond acceptors (Lipinski definition) is 7. The first-order valence-corrected chi connectivity index (χ1v) is 16.9. The quantitative estimate of drug-likeness (QED) is 0.301. The highest BCUT2D eigenvalue weighted by Gasteiger charge is 2.49. The Morgan fingerprint density at radius 3 is 2.71 bits per heavy atom. The summed E-state index contributed by atoms with van der Waals surface area (Å²) >= 11 is 0. The van der Waals surface area contributed by atoms with Crippen LogP contribution in [0.5, 0.6) is 5.75 Å². The number of carbonyl (C=O) groups is 2. The predicted molar refractivity (Wildman–Crippen MR) is 175 cm³/mol. The fourth-order valence-electron chi connectivity index (χ4n) is 6.97. The number of piperidine rings is 1. The summed E-state index contributed by atoms with van der Waals surface area (Å²) in [7, 11) is 1.68. The molecule has 2 N–H and O–H groups in total. The molecule has 2 amide bonds. The van der Waals surface area contributed by atoms with Crippen LogP contribution in [0.2, 0.25) is 0 Å². The lowest BCUT2D eigenvalue weighted by Gasteiger charge is -2.44. The van der Waals surface area contributed by atoms with Crippen molar-refractivity contribution in [3.05, 3.63) is 48.1 Å². The summed E-state index contributed by atoms with van der Waals surface area (Å²) in [6, 6.07) is 6.34. The van der Waals surface area contributed by atoms with Gasteiger partial charge in [0, 0.05) is 63.9 Å². The third kappa shape index (κ3) is 8.36. The normalized spacial score (nSPS) is 27.2. The van der Waals surface area contributed by atoms with E-state index in [0.717, 1.165) is 88.2 Å². The predicted octanol–water partition coefficient (Wildman–Crippen LogP) is 4.94. The van der Waals surface area contributed by atoms with Crippen LogP contribution in [0, 0.1) is 17.3 Å². The second-order valence-electron chi connectivity index (χ2n) is 13.9. The van der Waals surface area contributed by atoms with Gasteiger partial charge in [-0.1, -0.05) is 44.2 Å². The summed E-state index contributed by atoms with van der Waals surface area (Å²) < 4.78 is 23.6. The van der Waals surface area contributed by atoms with Crippen molar-refractivity contribution < 1.29 is 28.5 Å². The topological polar surface area (TPSA) is 98.4 Å². The van der Waals surface area contributed by atoms with E-state index >= 15 is 0 Å². The Hall–Kier alpha value is -2.72. The van der Waals surface area contributed by atoms with E-state index in [1.54, 1.807) is 7.11 Å². The molecule has 0 bridgehead atoms. The van der Waals surface area contributed by atoms with Gasteiger partial charge in [0.15, 0.2) is 5.60 Å². The number of ether oxygens (including phenoxy) is 4. The zero-order valence-corrected chi connectivity index (χ0v) is 27.6. The minimum Gasteiger partial charge on any atom is -0.475 e. The lowest BCUT2D eigenvalue weighted by Crippen LogP contribution is -2.58. The summed E-state index contributed by atoms with van der Waals surface area (Å²) in [4.78, 5) is 28.8. The van der Waals surface area contributed by atoms with Crippen molar-refractivity contribution >= 4 is 17.5 Å². The Morgan fingerprint density at radius 2 is 2.00 bits per heavy atom. The first kappa shape index (κ1) is 33.6. The SMILES string of the molecule is COCCCN1C(=O)[C@](C)(C2C=CC=CC2)Oc2ccc(CO[C@@H]3CC[C@@H](CC(C)(C)C(=O)NCC4CCOCC4)NC3)cc21. The molecule has 248 valence electrons. The minimum atomic E-state index is -0.969. The summed E-state index contributed by atoms with van der Waals surface area (Å²) in [5, 5.41) is 6.84. The molecule has 2 fully saturated rings. The number of hydrogen-bond donors (Lipinski definition) is 2. The van der Waals surface area contributed by atoms with Crippen molar-refractivity contribution in [2.45, 2.75) is 90.1 Å². The monoisotopic (exact) mass is 623 g/mol. The van der Waals surface area contributed by atoms with Crippen LogP contribution in [-0.4, -0.2) is 76.1 Å². The maximum Gasteiger partial charge on any atom is 0.271 e. The van der Waals surface area contributed by atoms with E-state index in [-0.39, 0.29) is 29.9 Å². The zero-order chi connectivity index (χ0) is 31.9. The highest BCUT2D eigenvalue weighted by molar-refractivity contribution is 6.03. The van der Waals surface area contributed by atoms with Gasteiger partial charge in [0.25, 0.3) is 5.91 Å². The van der Waals surface area contributed by atoms with Gasteiger partial charge in [-0.2, -0.15) is 0 Å². The highest BCUT2D eigenvalue weighted by atomic mass is 16.5. The second kappa shape index (κ2) is 15.2. The molecular formula is C36H53N3O6. The largest absolute Gasteiger partial charge is 0.475 e. The van der Waals surface area contributed by atoms with Gasteiger partial charge in [-0.15, -0.1) is 0 Å². The van der Waals surface area contributed by atoms with Crippen LogP contribution in [0.4, 0.5) is 5.69 Å². The molecule has 1 unspecified atom stereocenters. The number of rotatable bonds is 13. The number of nitrogens with zero attached hydrogens (tertiary/aromatic N) is 1. The average molecular weight is 624 g/mol. The van der Waals surface area contributed by atoms with Gasteiger partial charge in [-0.05, 0) is 75.5 Å². The number of anilines is 1. The van der Waals surface area contributed by atoms with E-state index in [0.29, 0.717) is 25.7 Å². The molecule has 3 aliphatic heterocycles. The van der Waals surface area contributed by atoms with Crippen molar-refractivity contribution in [1.82, 2.24) is 10.6 Å². The van der Waals surface area contributed by atoms with Gasteiger partial charge in [-0.25, -0.2) is 0 Å². The molecule has 5 rings (SSSR count). The number of allylic oxidation sites excluding steroid dienone is 3. The number of methoxy groups -OCH3 is 1. The van der Waals surface area contributed by atoms with Crippen LogP contribution in [0.1, 0.15) is 71.3 Å². The van der Waals surface area contributed by atoms with E-state index < -0.39 is 11.0 Å². The van der Waals surface area contributed by atoms with Crippen molar-refractivity contribution in [3.8, 4) is 5.75 Å². The molecule has 4 atom stereocenters. The molecule has 0 spiro atoms. The van der Waals surface area contributed by atoms with Crippen molar-refractivity contribution in [1.29, 1.82) is 0 Å². The zero-order valence-electron chi connectivity index (χ0n) is 27.6. The Morgan fingerprint density at radius 1 is 1.18 bits per heavy atom. The molecule has 0 radical (unpaired) electrons. The van der Waals surface area contributed by atoms with Crippen LogP contribution in [0.25, 0.3) is 0 Å². The second-order valence-corrected chi connectivity index (χ2v) is 13.9. The number of nitrogens with one attached hydrogen (secondary N) is 2. The molecule has 0 saturated carbocycles. The molecule has 3 heterocycles. The standard InChI is InChI=1S/C36H53N3O6/c1-35(2,33(40)38-23-26-15-19-43-20-16-26)22-29-12-13-30(24-37-29)44-25-27-11-14-32-31(21-27)39(17-8-18-42-4)34(41)36(3,45-32)28-9-6-5-7-10-28/h5-7,9,11,14,21,26,28-30,37H,8,10,12-13,15-20,22-25H2,1-4H3,(H,38,40)/t28?,29-,30+,36-/m0/s1. The molecule has 1 aliphatic carbocycles. The Labute approximate surface area is 269 Å². The summed E-state index contributed by atoms with van der Waals surface area (Å²) in [6.07, 6.45) is 14.5. The lowest BCUT2D eigenvalue weighted by atomic mass is 9.81. The fraction of sp³-hybridized carbons (Fsp3) is 0.667. The van der Waals surface area contributed by atoms with Gasteiger partial charge in [0.05, 0.1) is 18.4 Å². The van der Waals surface area contributed by atoms with Crippen molar-refractivity contribution in [3.63, 3.8) is 0 Å². The van der Waals surface area contributed by atoms with Crippen molar-refractivity contribution in [2.24, 2.45) is 17.3 Å². The first-order valence-electron chi connectivity index (χ1n) is 16.9. The molecule has 2 saturated heterocycles. The summed E-state index contributed by atoms with van der Waals surface area (Å²) in [5.41, 5.74) is 0.400. The Balaban J connectivity index is 1.13. The van der Waals surface area contributed by atoms with E-state index in [9.17, 15) is 9.59 Å². The molecule has 1 aromatic rings. The van der Waals surface area contributed by atoms with Gasteiger partial charge < -0.3 is 34.5 Å². The smallest absolute Gasteiger partial charge is 0.271 e. The van der Waals surface area contributed by atoms with Crippen LogP contribution in [-0.2, 0) is 30.4 Å². The van der Waals surface area contributed by atoms with E-state index in [2.05, 4.69) is 22.8 Å². The molecule has 4 aliphatic rings. The van der Waals surface area contributed by atoms with Gasteiger partial charge in [-0.3, -0.25) is 9.59 Å². The average Bonchev–Trinajstić information content (AvgIpc) is 3.06. The molecular weight excluding hydrogens is 570 g/mol. The number of fused-ring (bicyclic) bond motifs is 1. The fourth-order valence-corrected chi connectivity index (χ4v) is 6.97. The Kier molecular flexibility index (Phi) is 11.4. The van der Waals surface area contributed by atoms with Gasteiger partial charge >= 0.3 is 0 Å². The van der Waals surface area contributed by atoms with Gasteiger partial charge in [0.2, 0.25) is 5.91 Å². The van der Waals surface area contributed by atoms with E-state index in [4.69, 9.17) is 18.9 Å². The third-order valence-corrected chi connectivity index (χ3v) is 9.94. The Bertz CT molecular complexity index is 1220. The first-order chi connectivity index (χ1) is 21.7. The maximum atomic E-state index is 13.9. The van der Waals surface area contributed by atoms with Crippen LogP contribution in [0.15, 0.2) is 42.5 Å². The summed E-state index contributed by atoms with van der Waals surface area (Å²) in [5.74, 6) is 1.32. The lowest BCUT2D eigenvalue weighted by molar-refractivity contribution is -0.137. The van der Waals surface area contributed by atoms with Crippen LogP contribution < -0.4 is 20.3 Å². The molecule has 0 aromatic heterocycles. The third-order valence-electron chi connectivity index (χ3n) is 9.94.